The molecule has 1 aromatic carbocycles. The molecule has 76 valence electrons. The van der Waals surface area contributed by atoms with Crippen LogP contribution in [0.2, 0.25) is 0 Å². The van der Waals surface area contributed by atoms with Gasteiger partial charge in [-0.3, -0.25) is 0 Å². The maximum Gasteiger partial charge on any atom is 0.123 e. The van der Waals surface area contributed by atoms with Gasteiger partial charge in [-0.2, -0.15) is 0 Å². The second-order valence-electron chi connectivity index (χ2n) is 3.05. The van der Waals surface area contributed by atoms with Crippen LogP contribution in [0.15, 0.2) is 18.2 Å². The molecule has 14 heavy (non-hydrogen) atoms. The molecule has 0 fully saturated rings. The van der Waals surface area contributed by atoms with Gasteiger partial charge < -0.3 is 9.53 Å². The monoisotopic (exact) mass is 196 g/mol. The van der Waals surface area contributed by atoms with Gasteiger partial charge in [0.25, 0.3) is 0 Å². The molecule has 0 aliphatic rings. The molecule has 0 aliphatic carbocycles. The van der Waals surface area contributed by atoms with Crippen LogP contribution in [0.4, 0.5) is 4.39 Å². The van der Waals surface area contributed by atoms with Gasteiger partial charge in [0.1, 0.15) is 12.1 Å². The van der Waals surface area contributed by atoms with Crippen molar-refractivity contribution in [3.63, 3.8) is 0 Å². The normalized spacial score (nSPS) is 10.1. The summed E-state index contributed by atoms with van der Waals surface area (Å²) in [4.78, 5) is 10.2. The third-order valence-corrected chi connectivity index (χ3v) is 2.00. The zero-order valence-corrected chi connectivity index (χ0v) is 8.13. The summed E-state index contributed by atoms with van der Waals surface area (Å²) in [6, 6.07) is 4.55. The molecular formula is C11H13FO2. The molecule has 0 radical (unpaired) electrons. The maximum absolute atomic E-state index is 12.9. The number of halogens is 1. The number of carbonyl (C=O) groups excluding carboxylic acids is 1. The largest absolute Gasteiger partial charge is 0.380 e. The quantitative estimate of drug-likeness (QED) is 0.674. The second kappa shape index (κ2) is 5.50. The molecule has 0 amide bonds. The van der Waals surface area contributed by atoms with Gasteiger partial charge in [0.2, 0.25) is 0 Å². The summed E-state index contributed by atoms with van der Waals surface area (Å²) < 4.78 is 17.8. The number of hydrogen-bond donors (Lipinski definition) is 0. The smallest absolute Gasteiger partial charge is 0.123 e. The number of hydrogen-bond acceptors (Lipinski definition) is 2. The Hall–Kier alpha value is -1.22. The van der Waals surface area contributed by atoms with Crippen molar-refractivity contribution < 1.29 is 13.9 Å². The lowest BCUT2D eigenvalue weighted by atomic mass is 10.0. The van der Waals surface area contributed by atoms with Gasteiger partial charge in [0, 0.05) is 13.5 Å². The van der Waals surface area contributed by atoms with E-state index in [-0.39, 0.29) is 5.82 Å². The van der Waals surface area contributed by atoms with Crippen molar-refractivity contribution in [2.75, 3.05) is 7.11 Å². The average molecular weight is 196 g/mol. The third-order valence-electron chi connectivity index (χ3n) is 2.00. The first-order valence-electron chi connectivity index (χ1n) is 4.47. The highest BCUT2D eigenvalue weighted by Gasteiger charge is 2.03. The van der Waals surface area contributed by atoms with E-state index in [4.69, 9.17) is 4.74 Å². The van der Waals surface area contributed by atoms with Gasteiger partial charge >= 0.3 is 0 Å². The maximum atomic E-state index is 12.9. The number of aldehydes is 1. The highest BCUT2D eigenvalue weighted by atomic mass is 19.1. The standard InChI is InChI=1S/C11H13FO2/c1-14-8-10-7-11(12)5-4-9(10)3-2-6-13/h4-7H,2-3,8H2,1H3. The number of ether oxygens (including phenoxy) is 1. The molecule has 2 nitrogen and oxygen atoms in total. The van der Waals surface area contributed by atoms with Gasteiger partial charge in [0.15, 0.2) is 0 Å². The first-order chi connectivity index (χ1) is 6.77. The van der Waals surface area contributed by atoms with Crippen LogP contribution in [0.25, 0.3) is 0 Å². The first-order valence-corrected chi connectivity index (χ1v) is 4.47. The highest BCUT2D eigenvalue weighted by molar-refractivity contribution is 5.50. The van der Waals surface area contributed by atoms with Gasteiger partial charge in [-0.25, -0.2) is 4.39 Å². The van der Waals surface area contributed by atoms with Crippen molar-refractivity contribution >= 4 is 6.29 Å². The fourth-order valence-electron chi connectivity index (χ4n) is 1.34. The number of carbonyl (C=O) groups is 1. The van der Waals surface area contributed by atoms with Crippen LogP contribution in [-0.4, -0.2) is 13.4 Å². The van der Waals surface area contributed by atoms with Crippen molar-refractivity contribution in [1.29, 1.82) is 0 Å². The van der Waals surface area contributed by atoms with Gasteiger partial charge in [-0.05, 0) is 29.7 Å². The van der Waals surface area contributed by atoms with Gasteiger partial charge in [-0.1, -0.05) is 6.07 Å². The van der Waals surface area contributed by atoms with Crippen molar-refractivity contribution in [3.8, 4) is 0 Å². The minimum atomic E-state index is -0.271. The van der Waals surface area contributed by atoms with Crippen molar-refractivity contribution in [2.24, 2.45) is 0 Å². The molecule has 0 saturated heterocycles. The summed E-state index contributed by atoms with van der Waals surface area (Å²) in [6.07, 6.45) is 1.96. The molecule has 0 bridgehead atoms. The summed E-state index contributed by atoms with van der Waals surface area (Å²) >= 11 is 0. The van der Waals surface area contributed by atoms with Crippen molar-refractivity contribution in [2.45, 2.75) is 19.4 Å². The van der Waals surface area contributed by atoms with Crippen LogP contribution in [-0.2, 0) is 22.6 Å². The number of methoxy groups -OCH3 is 1. The van der Waals surface area contributed by atoms with E-state index in [0.717, 1.165) is 17.4 Å². The zero-order valence-electron chi connectivity index (χ0n) is 8.13. The summed E-state index contributed by atoms with van der Waals surface area (Å²) in [7, 11) is 1.56. The number of aryl methyl sites for hydroxylation is 1. The molecule has 0 atom stereocenters. The Morgan fingerprint density at radius 2 is 2.21 bits per heavy atom. The summed E-state index contributed by atoms with van der Waals surface area (Å²) in [5, 5.41) is 0. The van der Waals surface area contributed by atoms with Crippen LogP contribution in [0, 0.1) is 5.82 Å². The molecule has 0 saturated carbocycles. The molecule has 1 aromatic rings. The minimum Gasteiger partial charge on any atom is -0.380 e. The van der Waals surface area contributed by atoms with E-state index < -0.39 is 0 Å². The van der Waals surface area contributed by atoms with E-state index in [1.165, 1.54) is 12.1 Å². The molecule has 1 rings (SSSR count). The van der Waals surface area contributed by atoms with Crippen LogP contribution in [0.3, 0.4) is 0 Å². The van der Waals surface area contributed by atoms with Crippen molar-refractivity contribution in [1.82, 2.24) is 0 Å². The fraction of sp³-hybridized carbons (Fsp3) is 0.364. The van der Waals surface area contributed by atoms with Gasteiger partial charge in [-0.15, -0.1) is 0 Å². The lowest BCUT2D eigenvalue weighted by Crippen LogP contribution is -1.97. The van der Waals surface area contributed by atoms with Crippen LogP contribution < -0.4 is 0 Å². The van der Waals surface area contributed by atoms with Crippen LogP contribution in [0.5, 0.6) is 0 Å². The molecule has 0 aromatic heterocycles. The summed E-state index contributed by atoms with van der Waals surface area (Å²) in [6.45, 7) is 0.381. The van der Waals surface area contributed by atoms with Crippen LogP contribution >= 0.6 is 0 Å². The van der Waals surface area contributed by atoms with Crippen molar-refractivity contribution in [3.05, 3.63) is 35.1 Å². The first kappa shape index (κ1) is 10.9. The summed E-state index contributed by atoms with van der Waals surface area (Å²) in [5.41, 5.74) is 1.79. The molecular weight excluding hydrogens is 183 g/mol. The molecule has 0 aliphatic heterocycles. The highest BCUT2D eigenvalue weighted by Crippen LogP contribution is 2.13. The minimum absolute atomic E-state index is 0.271. The second-order valence-corrected chi connectivity index (χ2v) is 3.05. The van der Waals surface area contributed by atoms with E-state index >= 15 is 0 Å². The Morgan fingerprint density at radius 1 is 1.43 bits per heavy atom. The van der Waals surface area contributed by atoms with Crippen LogP contribution in [0.1, 0.15) is 17.5 Å². The lowest BCUT2D eigenvalue weighted by Gasteiger charge is -2.07. The predicted octanol–water partition coefficient (Wildman–Crippen LogP) is 2.10. The fourth-order valence-corrected chi connectivity index (χ4v) is 1.34. The SMILES string of the molecule is COCc1cc(F)ccc1CCC=O. The summed E-state index contributed by atoms with van der Waals surface area (Å²) in [5.74, 6) is -0.271. The Balaban J connectivity index is 2.83. The Bertz CT molecular complexity index is 310. The van der Waals surface area contributed by atoms with E-state index in [2.05, 4.69) is 0 Å². The Kier molecular flexibility index (Phi) is 4.26. The molecule has 0 N–H and O–H groups in total. The number of rotatable bonds is 5. The Morgan fingerprint density at radius 3 is 2.86 bits per heavy atom. The predicted molar refractivity (Wildman–Crippen MR) is 51.5 cm³/mol. The zero-order chi connectivity index (χ0) is 10.4. The molecule has 0 heterocycles. The van der Waals surface area contributed by atoms with E-state index in [1.807, 2.05) is 0 Å². The molecule has 0 unspecified atom stereocenters. The number of benzene rings is 1. The van der Waals surface area contributed by atoms with E-state index in [9.17, 15) is 9.18 Å². The topological polar surface area (TPSA) is 26.3 Å². The lowest BCUT2D eigenvalue weighted by molar-refractivity contribution is -0.107. The average Bonchev–Trinajstić information content (AvgIpc) is 2.17. The Labute approximate surface area is 82.7 Å². The third kappa shape index (κ3) is 2.92. The van der Waals surface area contributed by atoms with E-state index in [1.54, 1.807) is 13.2 Å². The van der Waals surface area contributed by atoms with E-state index in [0.29, 0.717) is 19.4 Å². The molecule has 3 heteroatoms. The molecule has 0 spiro atoms. The van der Waals surface area contributed by atoms with Gasteiger partial charge in [0.05, 0.1) is 6.61 Å².